The highest BCUT2D eigenvalue weighted by Gasteiger charge is 2.58. The number of imide groups is 1. The summed E-state index contributed by atoms with van der Waals surface area (Å²) in [6, 6.07) is 8.07. The van der Waals surface area contributed by atoms with Crippen molar-refractivity contribution < 1.29 is 14.3 Å². The van der Waals surface area contributed by atoms with Crippen molar-refractivity contribution in [1.82, 2.24) is 15.5 Å². The van der Waals surface area contributed by atoms with Crippen LogP contribution in [0.1, 0.15) is 25.8 Å². The number of allylic oxidation sites excluding steroid dienone is 2. The van der Waals surface area contributed by atoms with Crippen LogP contribution in [0.25, 0.3) is 0 Å². The van der Waals surface area contributed by atoms with Gasteiger partial charge in [-0.2, -0.15) is 0 Å². The largest absolute Gasteiger partial charge is 0.497 e. The van der Waals surface area contributed by atoms with E-state index in [1.807, 2.05) is 12.1 Å². The molecule has 2 N–H and O–H groups in total. The van der Waals surface area contributed by atoms with E-state index in [1.165, 1.54) is 10.5 Å². The Kier molecular flexibility index (Phi) is 7.52. The van der Waals surface area contributed by atoms with Crippen molar-refractivity contribution in [2.75, 3.05) is 33.8 Å². The van der Waals surface area contributed by atoms with Gasteiger partial charge in [0.2, 0.25) is 11.8 Å². The topological polar surface area (TPSA) is 83.0 Å². The van der Waals surface area contributed by atoms with E-state index in [4.69, 9.17) is 4.74 Å². The molecule has 1 saturated carbocycles. The number of methoxy groups -OCH3 is 1. The van der Waals surface area contributed by atoms with Crippen LogP contribution in [0.3, 0.4) is 0 Å². The number of guanidine groups is 1. The van der Waals surface area contributed by atoms with Gasteiger partial charge in [-0.1, -0.05) is 38.1 Å². The lowest BCUT2D eigenvalue weighted by molar-refractivity contribution is -0.140. The Morgan fingerprint density at radius 1 is 1.09 bits per heavy atom. The molecule has 0 aromatic heterocycles. The smallest absolute Gasteiger partial charge is 0.233 e. The van der Waals surface area contributed by atoms with Gasteiger partial charge in [0.15, 0.2) is 5.96 Å². The van der Waals surface area contributed by atoms with Crippen LogP contribution < -0.4 is 15.4 Å². The molecule has 0 spiro atoms. The van der Waals surface area contributed by atoms with E-state index in [0.29, 0.717) is 25.6 Å². The van der Waals surface area contributed by atoms with Crippen molar-refractivity contribution in [2.24, 2.45) is 28.7 Å². The fraction of sp³-hybridized carbons (Fsp3) is 0.542. The number of rotatable bonds is 7. The highest BCUT2D eigenvalue weighted by atomic mass is 127. The number of amides is 2. The summed E-state index contributed by atoms with van der Waals surface area (Å²) in [6.07, 6.45) is 5.20. The molecule has 2 aliphatic carbocycles. The molecule has 1 aromatic rings. The van der Waals surface area contributed by atoms with Gasteiger partial charge in [0.05, 0.1) is 18.9 Å². The molecule has 0 radical (unpaired) electrons. The Morgan fingerprint density at radius 2 is 1.69 bits per heavy atom. The zero-order valence-corrected chi connectivity index (χ0v) is 21.5. The molecule has 174 valence electrons. The summed E-state index contributed by atoms with van der Waals surface area (Å²) >= 11 is 0. The molecule has 1 aromatic carbocycles. The minimum Gasteiger partial charge on any atom is -0.497 e. The zero-order chi connectivity index (χ0) is 22.2. The first-order valence-corrected chi connectivity index (χ1v) is 11.0. The average molecular weight is 552 g/mol. The maximum Gasteiger partial charge on any atom is 0.233 e. The second kappa shape index (κ2) is 9.80. The number of carbonyl (C=O) groups excluding carboxylic acids is 2. The number of hydrogen-bond acceptors (Lipinski definition) is 4. The third-order valence-electron chi connectivity index (χ3n) is 6.98. The van der Waals surface area contributed by atoms with Crippen molar-refractivity contribution in [3.8, 4) is 5.75 Å². The molecule has 2 bridgehead atoms. The lowest BCUT2D eigenvalue weighted by Gasteiger charge is -2.27. The van der Waals surface area contributed by atoms with E-state index >= 15 is 0 Å². The summed E-state index contributed by atoms with van der Waals surface area (Å²) in [5, 5.41) is 6.60. The third-order valence-corrected chi connectivity index (χ3v) is 6.98. The van der Waals surface area contributed by atoms with Crippen LogP contribution in [0, 0.1) is 23.7 Å². The zero-order valence-electron chi connectivity index (χ0n) is 19.1. The van der Waals surface area contributed by atoms with Crippen LogP contribution in [-0.2, 0) is 15.0 Å². The molecular weight excluding hydrogens is 519 g/mol. The third kappa shape index (κ3) is 4.51. The Hall–Kier alpha value is -2.10. The Bertz CT molecular complexity index is 882. The molecule has 4 rings (SSSR count). The molecule has 1 saturated heterocycles. The first-order valence-electron chi connectivity index (χ1n) is 11.0. The number of halogens is 1. The Balaban J connectivity index is 0.00000289. The van der Waals surface area contributed by atoms with E-state index in [-0.39, 0.29) is 64.9 Å². The minimum atomic E-state index is -0.134. The SMILES string of the molecule is CN=C(NCCN1C(=O)C2C3C=CC(C3)C2C1=O)NCC(C)(C)c1ccc(OC)cc1.I. The second-order valence-corrected chi connectivity index (χ2v) is 9.29. The number of hydrogen-bond donors (Lipinski definition) is 2. The quantitative estimate of drug-likeness (QED) is 0.179. The maximum atomic E-state index is 12.8. The lowest BCUT2D eigenvalue weighted by atomic mass is 9.84. The molecule has 4 atom stereocenters. The summed E-state index contributed by atoms with van der Waals surface area (Å²) in [4.78, 5) is 31.3. The number of nitrogens with one attached hydrogen (secondary N) is 2. The highest BCUT2D eigenvalue weighted by Crippen LogP contribution is 2.52. The predicted molar refractivity (Wildman–Crippen MR) is 135 cm³/mol. The summed E-state index contributed by atoms with van der Waals surface area (Å²) in [5.41, 5.74) is 1.08. The van der Waals surface area contributed by atoms with Crippen molar-refractivity contribution in [3.63, 3.8) is 0 Å². The number of carbonyl (C=O) groups is 2. The number of aliphatic imine (C=N–C) groups is 1. The van der Waals surface area contributed by atoms with Crippen molar-refractivity contribution in [1.29, 1.82) is 0 Å². The van der Waals surface area contributed by atoms with Gasteiger partial charge in [-0.05, 0) is 36.0 Å². The lowest BCUT2D eigenvalue weighted by Crippen LogP contribution is -2.46. The summed E-state index contributed by atoms with van der Waals surface area (Å²) in [6.45, 7) is 5.85. The second-order valence-electron chi connectivity index (χ2n) is 9.29. The summed E-state index contributed by atoms with van der Waals surface area (Å²) < 4.78 is 5.24. The molecule has 4 unspecified atom stereocenters. The standard InChI is InChI=1S/C24H32N4O3.HI/c1-24(2,17-7-9-18(31-4)10-8-17)14-27-23(25-3)26-11-12-28-21(29)19-15-5-6-16(13-15)20(19)22(28)30;/h5-10,15-16,19-20H,11-14H2,1-4H3,(H2,25,26,27);1H. The van der Waals surface area contributed by atoms with E-state index in [2.05, 4.69) is 53.8 Å². The normalized spacial score (nSPS) is 26.2. The Labute approximate surface area is 207 Å². The van der Waals surface area contributed by atoms with E-state index < -0.39 is 0 Å². The number of ether oxygens (including phenoxy) is 1. The van der Waals surface area contributed by atoms with Crippen LogP contribution in [-0.4, -0.2) is 56.5 Å². The van der Waals surface area contributed by atoms with Crippen molar-refractivity contribution in [2.45, 2.75) is 25.7 Å². The fourth-order valence-corrected chi connectivity index (χ4v) is 5.14. The number of nitrogens with zero attached hydrogens (tertiary/aromatic N) is 2. The maximum absolute atomic E-state index is 12.8. The summed E-state index contributed by atoms with van der Waals surface area (Å²) in [7, 11) is 3.38. The van der Waals surface area contributed by atoms with Gasteiger partial charge >= 0.3 is 0 Å². The van der Waals surface area contributed by atoms with E-state index in [1.54, 1.807) is 14.2 Å². The van der Waals surface area contributed by atoms with E-state index in [9.17, 15) is 9.59 Å². The molecule has 8 heteroatoms. The van der Waals surface area contributed by atoms with Gasteiger partial charge < -0.3 is 15.4 Å². The van der Waals surface area contributed by atoms with Gasteiger partial charge in [-0.3, -0.25) is 19.5 Å². The Morgan fingerprint density at radius 3 is 2.22 bits per heavy atom. The first-order chi connectivity index (χ1) is 14.9. The molecule has 2 amide bonds. The highest BCUT2D eigenvalue weighted by molar-refractivity contribution is 14.0. The molecule has 7 nitrogen and oxygen atoms in total. The van der Waals surface area contributed by atoms with Crippen LogP contribution >= 0.6 is 24.0 Å². The number of fused-ring (bicyclic) bond motifs is 5. The average Bonchev–Trinajstić information content (AvgIpc) is 3.45. The van der Waals surface area contributed by atoms with Gasteiger partial charge in [0, 0.05) is 32.1 Å². The number of benzene rings is 1. The van der Waals surface area contributed by atoms with Crippen molar-refractivity contribution >= 4 is 41.8 Å². The predicted octanol–water partition coefficient (Wildman–Crippen LogP) is 2.56. The number of likely N-dealkylation sites (tertiary alicyclic amines) is 1. The minimum absolute atomic E-state index is 0. The van der Waals surface area contributed by atoms with Crippen LogP contribution in [0.15, 0.2) is 41.4 Å². The summed E-state index contributed by atoms with van der Waals surface area (Å²) in [5.74, 6) is 1.72. The molecule has 2 fully saturated rings. The van der Waals surface area contributed by atoms with Crippen LogP contribution in [0.5, 0.6) is 5.75 Å². The molecule has 1 aliphatic heterocycles. The van der Waals surface area contributed by atoms with Gasteiger partial charge in [-0.25, -0.2) is 0 Å². The molecule has 3 aliphatic rings. The first kappa shape index (κ1) is 24.5. The van der Waals surface area contributed by atoms with Crippen LogP contribution in [0.2, 0.25) is 0 Å². The molecule has 1 heterocycles. The van der Waals surface area contributed by atoms with Crippen LogP contribution in [0.4, 0.5) is 0 Å². The van der Waals surface area contributed by atoms with Crippen molar-refractivity contribution in [3.05, 3.63) is 42.0 Å². The monoisotopic (exact) mass is 552 g/mol. The van der Waals surface area contributed by atoms with E-state index in [0.717, 1.165) is 12.2 Å². The van der Waals surface area contributed by atoms with Gasteiger partial charge in [0.1, 0.15) is 5.75 Å². The van der Waals surface area contributed by atoms with Gasteiger partial charge in [0.25, 0.3) is 0 Å². The molecular formula is C24H33IN4O3. The fourth-order valence-electron chi connectivity index (χ4n) is 5.14. The molecule has 32 heavy (non-hydrogen) atoms. The van der Waals surface area contributed by atoms with Gasteiger partial charge in [-0.15, -0.1) is 24.0 Å².